The van der Waals surface area contributed by atoms with Gasteiger partial charge in [0.1, 0.15) is 12.1 Å². The molecule has 0 bridgehead atoms. The third kappa shape index (κ3) is 6.44. The molecule has 0 aliphatic carbocycles. The van der Waals surface area contributed by atoms with Crippen LogP contribution in [0, 0.1) is 0 Å². The SMILES string of the molecule is CCS(=O)(=O)c1ccc(N2C(C)CCC2C)c(Nc2ncnc3ccc(Cl)cc23)c1.O=CC(F)(F)F. The molecule has 3 aromatic rings. The Hall–Kier alpha value is -2.92. The quantitative estimate of drug-likeness (QED) is 0.398. The van der Waals surface area contributed by atoms with Gasteiger partial charge in [-0.15, -0.1) is 0 Å². The number of benzene rings is 2. The number of carbonyl (C=O) groups excluding carboxylic acids is 1. The number of anilines is 3. The number of rotatable bonds is 5. The topological polar surface area (TPSA) is 92.3 Å². The lowest BCUT2D eigenvalue weighted by molar-refractivity contribution is -0.156. The zero-order chi connectivity index (χ0) is 26.7. The number of hydrogen-bond donors (Lipinski definition) is 1. The van der Waals surface area contributed by atoms with E-state index in [0.717, 1.165) is 29.4 Å². The summed E-state index contributed by atoms with van der Waals surface area (Å²) in [6.45, 7) is 6.05. The highest BCUT2D eigenvalue weighted by Crippen LogP contribution is 2.39. The maximum Gasteiger partial charge on any atom is 0.446 e. The van der Waals surface area contributed by atoms with Crippen LogP contribution < -0.4 is 10.2 Å². The van der Waals surface area contributed by atoms with Gasteiger partial charge in [0.15, 0.2) is 9.84 Å². The molecule has 36 heavy (non-hydrogen) atoms. The summed E-state index contributed by atoms with van der Waals surface area (Å²) >= 11 is 6.20. The number of sulfone groups is 1. The number of aromatic nitrogens is 2. The lowest BCUT2D eigenvalue weighted by Crippen LogP contribution is -2.33. The van der Waals surface area contributed by atoms with Gasteiger partial charge in [0.05, 0.1) is 27.5 Å². The van der Waals surface area contributed by atoms with Crippen molar-refractivity contribution in [2.24, 2.45) is 0 Å². The largest absolute Gasteiger partial charge is 0.446 e. The van der Waals surface area contributed by atoms with E-state index in [1.54, 1.807) is 25.1 Å². The first kappa shape index (κ1) is 27.7. The minimum atomic E-state index is -4.64. The van der Waals surface area contributed by atoms with Crippen LogP contribution >= 0.6 is 11.6 Å². The molecule has 1 N–H and O–H groups in total. The number of nitrogens with zero attached hydrogens (tertiary/aromatic N) is 3. The Morgan fingerprint density at radius 2 is 1.75 bits per heavy atom. The zero-order valence-corrected chi connectivity index (χ0v) is 21.5. The van der Waals surface area contributed by atoms with Crippen molar-refractivity contribution >= 4 is 55.8 Å². The predicted octanol–water partition coefficient (Wildman–Crippen LogP) is 5.95. The van der Waals surface area contributed by atoms with E-state index in [0.29, 0.717) is 33.5 Å². The first-order chi connectivity index (χ1) is 16.9. The second kappa shape index (κ2) is 11.0. The van der Waals surface area contributed by atoms with E-state index in [-0.39, 0.29) is 5.75 Å². The van der Waals surface area contributed by atoms with Crippen molar-refractivity contribution in [2.75, 3.05) is 16.0 Å². The molecule has 12 heteroatoms. The number of aldehydes is 1. The van der Waals surface area contributed by atoms with E-state index < -0.39 is 22.3 Å². The molecule has 2 heterocycles. The molecule has 1 saturated heterocycles. The number of hydrogen-bond acceptors (Lipinski definition) is 7. The second-order valence-electron chi connectivity index (χ2n) is 8.43. The third-order valence-corrected chi connectivity index (χ3v) is 7.89. The van der Waals surface area contributed by atoms with Gasteiger partial charge in [0.2, 0.25) is 6.29 Å². The van der Waals surface area contributed by atoms with Gasteiger partial charge in [-0.05, 0) is 63.1 Å². The van der Waals surface area contributed by atoms with Crippen molar-refractivity contribution in [3.8, 4) is 0 Å². The van der Waals surface area contributed by atoms with Gasteiger partial charge in [-0.1, -0.05) is 18.5 Å². The number of halogens is 4. The molecule has 2 unspecified atom stereocenters. The van der Waals surface area contributed by atoms with Crippen LogP contribution in [0.4, 0.5) is 30.4 Å². The summed E-state index contributed by atoms with van der Waals surface area (Å²) < 4.78 is 56.3. The minimum Gasteiger partial charge on any atom is -0.364 e. The van der Waals surface area contributed by atoms with Gasteiger partial charge in [0, 0.05) is 22.5 Å². The molecule has 0 amide bonds. The van der Waals surface area contributed by atoms with Gasteiger partial charge in [-0.25, -0.2) is 18.4 Å². The smallest absolute Gasteiger partial charge is 0.364 e. The normalized spacial score (nSPS) is 18.0. The molecule has 1 aliphatic heterocycles. The van der Waals surface area contributed by atoms with Gasteiger partial charge >= 0.3 is 6.18 Å². The van der Waals surface area contributed by atoms with Crippen LogP contribution in [0.15, 0.2) is 47.6 Å². The summed E-state index contributed by atoms with van der Waals surface area (Å²) in [5, 5.41) is 4.75. The highest BCUT2D eigenvalue weighted by molar-refractivity contribution is 7.91. The van der Waals surface area contributed by atoms with E-state index in [4.69, 9.17) is 16.4 Å². The van der Waals surface area contributed by atoms with E-state index in [1.165, 1.54) is 6.33 Å². The Morgan fingerprint density at radius 1 is 1.11 bits per heavy atom. The summed E-state index contributed by atoms with van der Waals surface area (Å²) in [6.07, 6.45) is -2.01. The van der Waals surface area contributed by atoms with E-state index in [1.807, 2.05) is 18.2 Å². The van der Waals surface area contributed by atoms with Crippen molar-refractivity contribution in [2.45, 2.75) is 56.8 Å². The van der Waals surface area contributed by atoms with Crippen molar-refractivity contribution in [3.05, 3.63) is 47.7 Å². The maximum absolute atomic E-state index is 12.5. The predicted molar refractivity (Wildman–Crippen MR) is 135 cm³/mol. The summed E-state index contributed by atoms with van der Waals surface area (Å²) in [5.41, 5.74) is 2.44. The standard InChI is InChI=1S/C22H25ClN4O2S.C2HF3O/c1-4-30(28,29)17-8-10-21(27-14(2)5-6-15(27)3)20(12-17)26-22-18-11-16(23)7-9-19(18)24-13-25-22;3-2(4,5)1-6/h7-15H,4-6H2,1-3H3,(H,24,25,26);1H. The monoisotopic (exact) mass is 542 g/mol. The highest BCUT2D eigenvalue weighted by Gasteiger charge is 2.30. The van der Waals surface area contributed by atoms with Crippen LogP contribution in [-0.2, 0) is 14.6 Å². The minimum absolute atomic E-state index is 0.0500. The molecule has 194 valence electrons. The average molecular weight is 543 g/mol. The molecule has 2 atom stereocenters. The zero-order valence-electron chi connectivity index (χ0n) is 19.9. The Kier molecular flexibility index (Phi) is 8.45. The van der Waals surface area contributed by atoms with Crippen molar-refractivity contribution in [1.29, 1.82) is 0 Å². The molecule has 1 fully saturated rings. The summed E-state index contributed by atoms with van der Waals surface area (Å²) in [4.78, 5) is 20.1. The average Bonchev–Trinajstić information content (AvgIpc) is 3.17. The van der Waals surface area contributed by atoms with Crippen LogP contribution in [0.1, 0.15) is 33.6 Å². The molecule has 2 aromatic carbocycles. The molecular weight excluding hydrogens is 517 g/mol. The molecule has 7 nitrogen and oxygen atoms in total. The van der Waals surface area contributed by atoms with E-state index in [2.05, 4.69) is 34.0 Å². The molecular formula is C24H26ClF3N4O3S. The maximum atomic E-state index is 12.5. The van der Waals surface area contributed by atoms with Crippen LogP contribution in [0.3, 0.4) is 0 Å². The van der Waals surface area contributed by atoms with E-state index in [9.17, 15) is 21.6 Å². The van der Waals surface area contributed by atoms with E-state index >= 15 is 0 Å². The van der Waals surface area contributed by atoms with Gasteiger partial charge in [-0.3, -0.25) is 4.79 Å². The number of carbonyl (C=O) groups is 1. The van der Waals surface area contributed by atoms with Crippen LogP contribution in [0.2, 0.25) is 5.02 Å². The molecule has 0 spiro atoms. The van der Waals surface area contributed by atoms with Crippen molar-refractivity contribution < 1.29 is 26.4 Å². The second-order valence-corrected chi connectivity index (χ2v) is 11.1. The fraction of sp³-hybridized carbons (Fsp3) is 0.375. The molecule has 1 aliphatic rings. The Labute approximate surface area is 212 Å². The first-order valence-electron chi connectivity index (χ1n) is 11.2. The first-order valence-corrected chi connectivity index (χ1v) is 13.2. The van der Waals surface area contributed by atoms with Gasteiger partial charge < -0.3 is 10.2 Å². The van der Waals surface area contributed by atoms with Crippen LogP contribution in [0.25, 0.3) is 10.9 Å². The number of fused-ring (bicyclic) bond motifs is 1. The summed E-state index contributed by atoms with van der Waals surface area (Å²) in [7, 11) is -3.34. The van der Waals surface area contributed by atoms with Crippen molar-refractivity contribution in [3.63, 3.8) is 0 Å². The van der Waals surface area contributed by atoms with Crippen LogP contribution in [-0.4, -0.2) is 48.7 Å². The fourth-order valence-corrected chi connectivity index (χ4v) is 5.20. The highest BCUT2D eigenvalue weighted by atomic mass is 35.5. The van der Waals surface area contributed by atoms with Crippen LogP contribution in [0.5, 0.6) is 0 Å². The molecule has 4 rings (SSSR count). The van der Waals surface area contributed by atoms with Gasteiger partial charge in [0.25, 0.3) is 0 Å². The third-order valence-electron chi connectivity index (χ3n) is 5.92. The summed E-state index contributed by atoms with van der Waals surface area (Å²) in [5.74, 6) is 0.642. The van der Waals surface area contributed by atoms with Gasteiger partial charge in [-0.2, -0.15) is 13.2 Å². The number of nitrogens with one attached hydrogen (secondary N) is 1. The Morgan fingerprint density at radius 3 is 2.33 bits per heavy atom. The fourth-order valence-electron chi connectivity index (χ4n) is 4.13. The Bertz CT molecular complexity index is 1340. The molecule has 0 saturated carbocycles. The number of alkyl halides is 3. The molecule has 1 aromatic heterocycles. The summed E-state index contributed by atoms with van der Waals surface area (Å²) in [6, 6.07) is 11.5. The lowest BCUT2D eigenvalue weighted by Gasteiger charge is -2.31. The lowest BCUT2D eigenvalue weighted by atomic mass is 10.2. The van der Waals surface area contributed by atoms with Crippen molar-refractivity contribution in [1.82, 2.24) is 9.97 Å². The Balaban J connectivity index is 0.000000538. The molecule has 0 radical (unpaired) electrons.